The molecule has 4 heterocycles. The molecule has 2 saturated heterocycles. The standard InChI is InChI=1S/C24H28N4O6/c1-14-17(15(2)26-19(14)24(32)33-3)21(29)18-20(16-5-4-6-25-13-16)28(23(31)22(18)30)8-7-27-9-11-34-12-10-27/h4-6,13,20,26,29H,7-12H2,1-3H3/b21-18+/t20-/m0/s1. The number of ketones is 1. The van der Waals surface area contributed by atoms with Gasteiger partial charge in [0, 0.05) is 49.8 Å². The lowest BCUT2D eigenvalue weighted by molar-refractivity contribution is -0.140. The molecule has 0 aromatic carbocycles. The Balaban J connectivity index is 1.78. The Labute approximate surface area is 197 Å². The molecule has 2 aliphatic heterocycles. The summed E-state index contributed by atoms with van der Waals surface area (Å²) in [6, 6.07) is 2.69. The number of rotatable bonds is 6. The highest BCUT2D eigenvalue weighted by Crippen LogP contribution is 2.40. The van der Waals surface area contributed by atoms with E-state index in [9.17, 15) is 19.5 Å². The Morgan fingerprint density at radius 1 is 1.26 bits per heavy atom. The van der Waals surface area contributed by atoms with Gasteiger partial charge in [0.05, 0.1) is 31.9 Å². The number of aryl methyl sites for hydroxylation is 1. The van der Waals surface area contributed by atoms with Crippen LogP contribution in [0.3, 0.4) is 0 Å². The minimum Gasteiger partial charge on any atom is -0.507 e. The molecule has 1 amide bonds. The summed E-state index contributed by atoms with van der Waals surface area (Å²) in [4.78, 5) is 49.2. The van der Waals surface area contributed by atoms with Crippen molar-refractivity contribution in [1.82, 2.24) is 19.8 Å². The Morgan fingerprint density at radius 3 is 2.65 bits per heavy atom. The number of carbonyl (C=O) groups excluding carboxylic acids is 3. The predicted octanol–water partition coefficient (Wildman–Crippen LogP) is 1.57. The molecule has 10 nitrogen and oxygen atoms in total. The topological polar surface area (TPSA) is 125 Å². The maximum atomic E-state index is 13.2. The van der Waals surface area contributed by atoms with Crippen LogP contribution >= 0.6 is 0 Å². The van der Waals surface area contributed by atoms with E-state index in [1.165, 1.54) is 12.0 Å². The molecular formula is C24H28N4O6. The fourth-order valence-electron chi connectivity index (χ4n) is 4.61. The van der Waals surface area contributed by atoms with E-state index in [1.807, 2.05) is 0 Å². The first-order valence-electron chi connectivity index (χ1n) is 11.1. The number of methoxy groups -OCH3 is 1. The zero-order valence-electron chi connectivity index (χ0n) is 19.5. The lowest BCUT2D eigenvalue weighted by Gasteiger charge is -2.30. The fraction of sp³-hybridized carbons (Fsp3) is 0.417. The summed E-state index contributed by atoms with van der Waals surface area (Å²) in [7, 11) is 1.26. The first-order chi connectivity index (χ1) is 16.3. The van der Waals surface area contributed by atoms with Gasteiger partial charge in [0.25, 0.3) is 11.7 Å². The molecule has 0 spiro atoms. The van der Waals surface area contributed by atoms with E-state index in [0.717, 1.165) is 13.1 Å². The van der Waals surface area contributed by atoms with E-state index in [-0.39, 0.29) is 17.0 Å². The van der Waals surface area contributed by atoms with Crippen molar-refractivity contribution < 1.29 is 29.0 Å². The Morgan fingerprint density at radius 2 is 2.00 bits per heavy atom. The fourth-order valence-corrected chi connectivity index (χ4v) is 4.61. The maximum Gasteiger partial charge on any atom is 0.354 e. The van der Waals surface area contributed by atoms with Crippen LogP contribution in [0.5, 0.6) is 0 Å². The number of pyridine rings is 1. The molecule has 0 saturated carbocycles. The van der Waals surface area contributed by atoms with Crippen LogP contribution < -0.4 is 0 Å². The maximum absolute atomic E-state index is 13.2. The van der Waals surface area contributed by atoms with Crippen molar-refractivity contribution in [3.63, 3.8) is 0 Å². The molecule has 0 unspecified atom stereocenters. The normalized spacial score (nSPS) is 20.7. The molecule has 0 bridgehead atoms. The van der Waals surface area contributed by atoms with E-state index in [1.54, 1.807) is 38.4 Å². The molecule has 10 heteroatoms. The smallest absolute Gasteiger partial charge is 0.354 e. The van der Waals surface area contributed by atoms with Crippen LogP contribution in [0.4, 0.5) is 0 Å². The summed E-state index contributed by atoms with van der Waals surface area (Å²) in [5.74, 6) is -2.37. The minimum atomic E-state index is -0.801. The van der Waals surface area contributed by atoms with Crippen LogP contribution in [0.2, 0.25) is 0 Å². The van der Waals surface area contributed by atoms with Gasteiger partial charge in [-0.25, -0.2) is 4.79 Å². The van der Waals surface area contributed by atoms with Gasteiger partial charge < -0.3 is 24.5 Å². The zero-order valence-corrected chi connectivity index (χ0v) is 19.5. The number of aliphatic hydroxyl groups is 1. The van der Waals surface area contributed by atoms with Crippen molar-refractivity contribution in [2.45, 2.75) is 19.9 Å². The van der Waals surface area contributed by atoms with Crippen LogP contribution in [0, 0.1) is 13.8 Å². The molecule has 34 heavy (non-hydrogen) atoms. The first-order valence-corrected chi connectivity index (χ1v) is 11.1. The highest BCUT2D eigenvalue weighted by Gasteiger charge is 2.46. The molecule has 180 valence electrons. The van der Waals surface area contributed by atoms with Crippen molar-refractivity contribution in [3.8, 4) is 0 Å². The molecular weight excluding hydrogens is 440 g/mol. The van der Waals surface area contributed by atoms with Gasteiger partial charge in [0.2, 0.25) is 0 Å². The Bertz CT molecular complexity index is 1130. The van der Waals surface area contributed by atoms with Crippen molar-refractivity contribution in [2.24, 2.45) is 0 Å². The molecule has 0 aliphatic carbocycles. The van der Waals surface area contributed by atoms with E-state index < -0.39 is 23.7 Å². The van der Waals surface area contributed by atoms with E-state index in [0.29, 0.717) is 48.7 Å². The van der Waals surface area contributed by atoms with Crippen LogP contribution in [0.1, 0.15) is 38.9 Å². The summed E-state index contributed by atoms with van der Waals surface area (Å²) in [5.41, 5.74) is 2.00. The number of hydrogen-bond donors (Lipinski definition) is 2. The summed E-state index contributed by atoms with van der Waals surface area (Å²) in [5, 5.41) is 11.4. The molecule has 2 N–H and O–H groups in total. The number of aliphatic hydroxyl groups excluding tert-OH is 1. The van der Waals surface area contributed by atoms with E-state index in [2.05, 4.69) is 14.9 Å². The van der Waals surface area contributed by atoms with Crippen molar-refractivity contribution >= 4 is 23.4 Å². The van der Waals surface area contributed by atoms with E-state index >= 15 is 0 Å². The third-order valence-electron chi connectivity index (χ3n) is 6.36. The second-order valence-electron chi connectivity index (χ2n) is 8.35. The average Bonchev–Trinajstić information content (AvgIpc) is 3.30. The largest absolute Gasteiger partial charge is 0.507 e. The number of Topliss-reactive ketones (excluding diaryl/α,β-unsaturated/α-hetero) is 1. The number of nitrogens with zero attached hydrogens (tertiary/aromatic N) is 3. The number of H-pyrrole nitrogens is 1. The van der Waals surface area contributed by atoms with Crippen LogP contribution in [-0.4, -0.2) is 89.0 Å². The predicted molar refractivity (Wildman–Crippen MR) is 122 cm³/mol. The number of likely N-dealkylation sites (tertiary alicyclic amines) is 1. The van der Waals surface area contributed by atoms with Crippen molar-refractivity contribution in [3.05, 3.63) is 58.2 Å². The van der Waals surface area contributed by atoms with Crippen LogP contribution in [-0.2, 0) is 19.1 Å². The number of amides is 1. The van der Waals surface area contributed by atoms with E-state index in [4.69, 9.17) is 9.47 Å². The number of esters is 1. The Kier molecular flexibility index (Phi) is 6.80. The van der Waals surface area contributed by atoms with Gasteiger partial charge in [-0.2, -0.15) is 0 Å². The molecule has 2 aromatic rings. The van der Waals surface area contributed by atoms with Gasteiger partial charge in [-0.15, -0.1) is 0 Å². The summed E-state index contributed by atoms with van der Waals surface area (Å²) in [6.07, 6.45) is 3.19. The average molecular weight is 469 g/mol. The van der Waals surface area contributed by atoms with Gasteiger partial charge >= 0.3 is 5.97 Å². The number of nitrogens with one attached hydrogen (secondary N) is 1. The summed E-state index contributed by atoms with van der Waals surface area (Å²) >= 11 is 0. The highest BCUT2D eigenvalue weighted by atomic mass is 16.5. The van der Waals surface area contributed by atoms with Crippen LogP contribution in [0.15, 0.2) is 30.1 Å². The van der Waals surface area contributed by atoms with Crippen molar-refractivity contribution in [1.29, 1.82) is 0 Å². The third kappa shape index (κ3) is 4.22. The van der Waals surface area contributed by atoms with Gasteiger partial charge in [-0.3, -0.25) is 19.5 Å². The number of hydrogen-bond acceptors (Lipinski definition) is 8. The molecule has 2 aromatic heterocycles. The van der Waals surface area contributed by atoms with Gasteiger partial charge in [-0.05, 0) is 31.0 Å². The number of morpholine rings is 1. The number of carbonyl (C=O) groups is 3. The SMILES string of the molecule is COC(=O)c1[nH]c(C)c(/C(O)=C2\C(=O)C(=O)N(CCN3CCOCC3)[C@H]2c2cccnc2)c1C. The lowest BCUT2D eigenvalue weighted by Crippen LogP contribution is -2.42. The molecule has 1 atom stereocenters. The second kappa shape index (κ2) is 9.78. The van der Waals surface area contributed by atoms with Crippen molar-refractivity contribution in [2.75, 3.05) is 46.5 Å². The zero-order chi connectivity index (χ0) is 24.4. The monoisotopic (exact) mass is 468 g/mol. The number of aromatic nitrogens is 2. The van der Waals surface area contributed by atoms with Gasteiger partial charge in [0.15, 0.2) is 0 Å². The Hall–Kier alpha value is -3.50. The quantitative estimate of drug-likeness (QED) is 0.283. The number of ether oxygens (including phenoxy) is 2. The van der Waals surface area contributed by atoms with Gasteiger partial charge in [-0.1, -0.05) is 6.07 Å². The molecule has 2 aliphatic rings. The number of aromatic amines is 1. The molecule has 4 rings (SSSR count). The summed E-state index contributed by atoms with van der Waals surface area (Å²) < 4.78 is 10.2. The summed E-state index contributed by atoms with van der Waals surface area (Å²) in [6.45, 7) is 6.96. The highest BCUT2D eigenvalue weighted by molar-refractivity contribution is 6.46. The first kappa shape index (κ1) is 23.7. The second-order valence-corrected chi connectivity index (χ2v) is 8.35. The molecule has 2 fully saturated rings. The minimum absolute atomic E-state index is 0.0263. The van der Waals surface area contributed by atoms with Gasteiger partial charge in [0.1, 0.15) is 11.5 Å². The molecule has 0 radical (unpaired) electrons. The third-order valence-corrected chi connectivity index (χ3v) is 6.36. The lowest BCUT2D eigenvalue weighted by atomic mass is 9.95. The van der Waals surface area contributed by atoms with Crippen LogP contribution in [0.25, 0.3) is 5.76 Å².